The molecule has 1 saturated heterocycles. The lowest BCUT2D eigenvalue weighted by Crippen LogP contribution is -2.49. The van der Waals surface area contributed by atoms with Gasteiger partial charge >= 0.3 is 0 Å². The van der Waals surface area contributed by atoms with Crippen molar-refractivity contribution in [3.63, 3.8) is 0 Å². The number of anilines is 2. The molecule has 4 rings (SSSR count). The first-order valence-corrected chi connectivity index (χ1v) is 10.5. The smallest absolute Gasteiger partial charge is 0.253 e. The second-order valence-corrected chi connectivity index (χ2v) is 8.06. The molecule has 2 heterocycles. The molecule has 0 bridgehead atoms. The first-order chi connectivity index (χ1) is 14.0. The molecule has 5 nitrogen and oxygen atoms in total. The molecule has 0 spiro atoms. The summed E-state index contributed by atoms with van der Waals surface area (Å²) in [6.07, 6.45) is 1.33. The maximum Gasteiger partial charge on any atom is 0.253 e. The summed E-state index contributed by atoms with van der Waals surface area (Å²) >= 11 is 0. The molecule has 1 fully saturated rings. The quantitative estimate of drug-likeness (QED) is 0.800. The van der Waals surface area contributed by atoms with E-state index in [0.29, 0.717) is 25.1 Å². The Morgan fingerprint density at radius 3 is 2.48 bits per heavy atom. The number of aryl methyl sites for hydroxylation is 1. The first-order valence-electron chi connectivity index (χ1n) is 10.5. The van der Waals surface area contributed by atoms with Gasteiger partial charge in [0.15, 0.2) is 0 Å². The minimum atomic E-state index is 0.0646. The third kappa shape index (κ3) is 3.61. The Morgan fingerprint density at radius 1 is 1.00 bits per heavy atom. The third-order valence-electron chi connectivity index (χ3n) is 6.19. The number of hydrogen-bond donors (Lipinski definition) is 0. The van der Waals surface area contributed by atoms with Crippen LogP contribution in [-0.2, 0) is 11.2 Å². The molecular formula is C24H29N3O2. The summed E-state index contributed by atoms with van der Waals surface area (Å²) in [6, 6.07) is 12.1. The predicted molar refractivity (Wildman–Crippen MR) is 117 cm³/mol. The Morgan fingerprint density at radius 2 is 1.76 bits per heavy atom. The standard InChI is InChI=1S/C24H29N3O2/c1-4-10-27-22-9-8-19(15-20(22)16-23(27)28)24(29)26-13-11-25(12-14-26)21-7-5-6-17(2)18(21)3/h5-9,15H,4,10-14,16H2,1-3H3. The fourth-order valence-electron chi connectivity index (χ4n) is 4.40. The molecule has 29 heavy (non-hydrogen) atoms. The molecule has 0 N–H and O–H groups in total. The van der Waals surface area contributed by atoms with Crippen LogP contribution >= 0.6 is 0 Å². The van der Waals surface area contributed by atoms with Crippen molar-refractivity contribution < 1.29 is 9.59 Å². The number of nitrogens with zero attached hydrogens (tertiary/aromatic N) is 3. The molecule has 2 aromatic carbocycles. The van der Waals surface area contributed by atoms with Gasteiger partial charge in [0, 0.05) is 49.7 Å². The van der Waals surface area contributed by atoms with Crippen LogP contribution in [0.4, 0.5) is 11.4 Å². The Bertz CT molecular complexity index is 945. The number of amides is 2. The van der Waals surface area contributed by atoms with E-state index in [1.807, 2.05) is 28.0 Å². The molecule has 2 aliphatic heterocycles. The van der Waals surface area contributed by atoms with E-state index >= 15 is 0 Å². The molecule has 2 aliphatic rings. The summed E-state index contributed by atoms with van der Waals surface area (Å²) in [7, 11) is 0. The van der Waals surface area contributed by atoms with Crippen LogP contribution in [0.2, 0.25) is 0 Å². The number of fused-ring (bicyclic) bond motifs is 1. The number of hydrogen-bond acceptors (Lipinski definition) is 3. The van der Waals surface area contributed by atoms with E-state index in [2.05, 4.69) is 43.9 Å². The van der Waals surface area contributed by atoms with Gasteiger partial charge in [-0.15, -0.1) is 0 Å². The van der Waals surface area contributed by atoms with Crippen molar-refractivity contribution in [3.05, 3.63) is 58.7 Å². The average molecular weight is 392 g/mol. The molecule has 0 atom stereocenters. The largest absolute Gasteiger partial charge is 0.368 e. The van der Waals surface area contributed by atoms with Crippen LogP contribution in [-0.4, -0.2) is 49.4 Å². The lowest BCUT2D eigenvalue weighted by atomic mass is 10.1. The Hall–Kier alpha value is -2.82. The summed E-state index contributed by atoms with van der Waals surface area (Å²) in [5.41, 5.74) is 6.51. The van der Waals surface area contributed by atoms with Crippen molar-refractivity contribution >= 4 is 23.2 Å². The van der Waals surface area contributed by atoms with Gasteiger partial charge in [-0.05, 0) is 61.2 Å². The number of benzene rings is 2. The van der Waals surface area contributed by atoms with Crippen molar-refractivity contribution in [2.75, 3.05) is 42.5 Å². The van der Waals surface area contributed by atoms with Crippen LogP contribution in [0.25, 0.3) is 0 Å². The van der Waals surface area contributed by atoms with Crippen LogP contribution in [0, 0.1) is 13.8 Å². The number of piperazine rings is 1. The van der Waals surface area contributed by atoms with E-state index in [1.165, 1.54) is 16.8 Å². The second kappa shape index (κ2) is 7.90. The van der Waals surface area contributed by atoms with Gasteiger partial charge in [0.1, 0.15) is 0 Å². The minimum Gasteiger partial charge on any atom is -0.368 e. The average Bonchev–Trinajstić information content (AvgIpc) is 3.04. The second-order valence-electron chi connectivity index (χ2n) is 8.06. The summed E-state index contributed by atoms with van der Waals surface area (Å²) in [6.45, 7) is 10.2. The van der Waals surface area contributed by atoms with Gasteiger partial charge in [0.25, 0.3) is 5.91 Å². The van der Waals surface area contributed by atoms with E-state index in [-0.39, 0.29) is 11.8 Å². The van der Waals surface area contributed by atoms with E-state index in [0.717, 1.165) is 37.3 Å². The van der Waals surface area contributed by atoms with Gasteiger partial charge in [0.05, 0.1) is 6.42 Å². The summed E-state index contributed by atoms with van der Waals surface area (Å²) < 4.78 is 0. The highest BCUT2D eigenvalue weighted by Crippen LogP contribution is 2.30. The van der Waals surface area contributed by atoms with Crippen molar-refractivity contribution in [1.82, 2.24) is 4.90 Å². The number of rotatable bonds is 4. The summed E-state index contributed by atoms with van der Waals surface area (Å²) in [5.74, 6) is 0.198. The normalized spacial score (nSPS) is 16.4. The fraction of sp³-hybridized carbons (Fsp3) is 0.417. The first kappa shape index (κ1) is 19.5. The van der Waals surface area contributed by atoms with Crippen LogP contribution in [0.15, 0.2) is 36.4 Å². The maximum absolute atomic E-state index is 13.1. The number of carbonyl (C=O) groups is 2. The van der Waals surface area contributed by atoms with Crippen LogP contribution < -0.4 is 9.80 Å². The highest BCUT2D eigenvalue weighted by Gasteiger charge is 2.29. The lowest BCUT2D eigenvalue weighted by molar-refractivity contribution is -0.117. The van der Waals surface area contributed by atoms with E-state index in [9.17, 15) is 9.59 Å². The molecular weight excluding hydrogens is 362 g/mol. The van der Waals surface area contributed by atoms with Crippen molar-refractivity contribution in [2.45, 2.75) is 33.6 Å². The zero-order chi connectivity index (χ0) is 20.5. The molecule has 152 valence electrons. The third-order valence-corrected chi connectivity index (χ3v) is 6.19. The molecule has 2 amide bonds. The lowest BCUT2D eigenvalue weighted by Gasteiger charge is -2.37. The van der Waals surface area contributed by atoms with Crippen molar-refractivity contribution in [2.24, 2.45) is 0 Å². The molecule has 0 aromatic heterocycles. The highest BCUT2D eigenvalue weighted by atomic mass is 16.2. The Labute approximate surface area is 172 Å². The highest BCUT2D eigenvalue weighted by molar-refractivity contribution is 6.03. The summed E-state index contributed by atoms with van der Waals surface area (Å²) in [5, 5.41) is 0. The maximum atomic E-state index is 13.1. The van der Waals surface area contributed by atoms with Crippen LogP contribution in [0.3, 0.4) is 0 Å². The van der Waals surface area contributed by atoms with Crippen molar-refractivity contribution in [3.8, 4) is 0 Å². The van der Waals surface area contributed by atoms with Gasteiger partial charge in [-0.3, -0.25) is 9.59 Å². The minimum absolute atomic E-state index is 0.0646. The molecule has 5 heteroatoms. The molecule has 2 aromatic rings. The zero-order valence-electron chi connectivity index (χ0n) is 17.6. The van der Waals surface area contributed by atoms with Gasteiger partial charge in [0.2, 0.25) is 5.91 Å². The van der Waals surface area contributed by atoms with E-state index in [4.69, 9.17) is 0 Å². The van der Waals surface area contributed by atoms with Gasteiger partial charge in [-0.25, -0.2) is 0 Å². The molecule has 0 saturated carbocycles. The number of carbonyl (C=O) groups excluding carboxylic acids is 2. The van der Waals surface area contributed by atoms with Gasteiger partial charge in [-0.2, -0.15) is 0 Å². The molecule has 0 radical (unpaired) electrons. The SMILES string of the molecule is CCCN1C(=O)Cc2cc(C(=O)N3CCN(c4cccc(C)c4C)CC3)ccc21. The van der Waals surface area contributed by atoms with Gasteiger partial charge < -0.3 is 14.7 Å². The summed E-state index contributed by atoms with van der Waals surface area (Å²) in [4.78, 5) is 31.5. The Balaban J connectivity index is 1.45. The zero-order valence-corrected chi connectivity index (χ0v) is 17.6. The Kier molecular flexibility index (Phi) is 5.31. The van der Waals surface area contributed by atoms with Crippen molar-refractivity contribution in [1.29, 1.82) is 0 Å². The van der Waals surface area contributed by atoms with Crippen LogP contribution in [0.1, 0.15) is 40.4 Å². The van der Waals surface area contributed by atoms with E-state index < -0.39 is 0 Å². The van der Waals surface area contributed by atoms with E-state index in [1.54, 1.807) is 0 Å². The monoisotopic (exact) mass is 391 g/mol. The van der Waals surface area contributed by atoms with Gasteiger partial charge in [-0.1, -0.05) is 19.1 Å². The molecule has 0 aliphatic carbocycles. The topological polar surface area (TPSA) is 43.9 Å². The van der Waals surface area contributed by atoms with Crippen LogP contribution in [0.5, 0.6) is 0 Å². The molecule has 0 unspecified atom stereocenters. The predicted octanol–water partition coefficient (Wildman–Crippen LogP) is 3.56. The fourth-order valence-corrected chi connectivity index (χ4v) is 4.40.